The van der Waals surface area contributed by atoms with Gasteiger partial charge in [-0.15, -0.1) is 0 Å². The number of hydrogen-bond acceptors (Lipinski definition) is 3. The first-order valence-electron chi connectivity index (χ1n) is 10.0. The molecule has 0 radical (unpaired) electrons. The van der Waals surface area contributed by atoms with Crippen LogP contribution in [0.2, 0.25) is 10.0 Å². The topological polar surface area (TPSA) is 33.6 Å². The Morgan fingerprint density at radius 3 is 2.07 bits per heavy atom. The van der Waals surface area contributed by atoms with Crippen molar-refractivity contribution in [3.63, 3.8) is 0 Å². The molecular formula is C25H24Cl2N2O. The Labute approximate surface area is 187 Å². The molecule has 154 valence electrons. The van der Waals surface area contributed by atoms with Crippen LogP contribution in [0, 0.1) is 0 Å². The lowest BCUT2D eigenvalue weighted by Gasteiger charge is -2.20. The summed E-state index contributed by atoms with van der Waals surface area (Å²) in [6, 6.07) is 22.4. The van der Waals surface area contributed by atoms with Gasteiger partial charge in [0, 0.05) is 22.7 Å². The van der Waals surface area contributed by atoms with E-state index in [0.717, 1.165) is 44.6 Å². The average Bonchev–Trinajstić information content (AvgIpc) is 3.20. The summed E-state index contributed by atoms with van der Waals surface area (Å²) in [4.78, 5) is 5.10. The zero-order chi connectivity index (χ0) is 21.1. The van der Waals surface area contributed by atoms with Gasteiger partial charge in [-0.3, -0.25) is 4.99 Å². The first kappa shape index (κ1) is 20.9. The molecule has 0 aliphatic carbocycles. The van der Waals surface area contributed by atoms with E-state index in [2.05, 4.69) is 42.6 Å². The SMILES string of the molecule is CCc1cc(COC)cc(C2=NC(c3ccc(Cl)cc3)C(c3ccc(Cl)cc3)N2)c1. The molecule has 30 heavy (non-hydrogen) atoms. The average molecular weight is 439 g/mol. The lowest BCUT2D eigenvalue weighted by atomic mass is 9.95. The third kappa shape index (κ3) is 4.54. The summed E-state index contributed by atoms with van der Waals surface area (Å²) in [5, 5.41) is 5.10. The van der Waals surface area contributed by atoms with Gasteiger partial charge in [-0.1, -0.05) is 60.5 Å². The molecule has 1 N–H and O–H groups in total. The number of aliphatic imine (C=N–C) groups is 1. The zero-order valence-electron chi connectivity index (χ0n) is 17.0. The molecule has 4 rings (SSSR count). The van der Waals surface area contributed by atoms with Crippen molar-refractivity contribution in [3.8, 4) is 0 Å². The van der Waals surface area contributed by atoms with Crippen LogP contribution in [-0.4, -0.2) is 12.9 Å². The molecule has 0 aromatic heterocycles. The molecule has 5 heteroatoms. The number of aryl methyl sites for hydroxylation is 1. The highest BCUT2D eigenvalue weighted by Crippen LogP contribution is 2.38. The summed E-state index contributed by atoms with van der Waals surface area (Å²) >= 11 is 12.2. The van der Waals surface area contributed by atoms with Gasteiger partial charge in [-0.2, -0.15) is 0 Å². The first-order chi connectivity index (χ1) is 14.6. The second-order valence-electron chi connectivity index (χ2n) is 7.47. The van der Waals surface area contributed by atoms with Crippen molar-refractivity contribution < 1.29 is 4.74 Å². The van der Waals surface area contributed by atoms with Crippen molar-refractivity contribution in [3.05, 3.63) is 105 Å². The molecule has 0 spiro atoms. The minimum atomic E-state index is -0.0606. The van der Waals surface area contributed by atoms with Crippen molar-refractivity contribution in [2.75, 3.05) is 7.11 Å². The molecule has 0 saturated heterocycles. The predicted octanol–water partition coefficient (Wildman–Crippen LogP) is 6.53. The quantitative estimate of drug-likeness (QED) is 0.474. The summed E-state index contributed by atoms with van der Waals surface area (Å²) in [7, 11) is 1.72. The number of benzene rings is 3. The van der Waals surface area contributed by atoms with Gasteiger partial charge in [0.15, 0.2) is 0 Å². The fourth-order valence-electron chi connectivity index (χ4n) is 3.85. The molecule has 0 fully saturated rings. The van der Waals surface area contributed by atoms with Gasteiger partial charge in [0.25, 0.3) is 0 Å². The number of hydrogen-bond donors (Lipinski definition) is 1. The van der Waals surface area contributed by atoms with Gasteiger partial charge in [0.1, 0.15) is 11.9 Å². The molecular weight excluding hydrogens is 415 g/mol. The van der Waals surface area contributed by atoms with Crippen LogP contribution in [0.3, 0.4) is 0 Å². The molecule has 0 amide bonds. The van der Waals surface area contributed by atoms with Crippen LogP contribution in [0.1, 0.15) is 46.8 Å². The van der Waals surface area contributed by atoms with E-state index < -0.39 is 0 Å². The standard InChI is InChI=1S/C25H24Cl2N2O/c1-3-16-12-17(15-30-2)14-20(13-16)25-28-23(18-4-8-21(26)9-5-18)24(29-25)19-6-10-22(27)11-7-19/h4-14,23-24H,3,15H2,1-2H3,(H,28,29). The van der Waals surface area contributed by atoms with Crippen molar-refractivity contribution >= 4 is 29.0 Å². The van der Waals surface area contributed by atoms with Crippen LogP contribution in [-0.2, 0) is 17.8 Å². The predicted molar refractivity (Wildman–Crippen MR) is 125 cm³/mol. The molecule has 0 saturated carbocycles. The van der Waals surface area contributed by atoms with Crippen molar-refractivity contribution in [1.82, 2.24) is 5.32 Å². The highest BCUT2D eigenvalue weighted by Gasteiger charge is 2.32. The molecule has 3 aromatic carbocycles. The maximum Gasteiger partial charge on any atom is 0.129 e. The molecule has 2 atom stereocenters. The van der Waals surface area contributed by atoms with Gasteiger partial charge >= 0.3 is 0 Å². The van der Waals surface area contributed by atoms with E-state index in [-0.39, 0.29) is 12.1 Å². The van der Waals surface area contributed by atoms with E-state index in [1.165, 1.54) is 5.56 Å². The molecule has 3 nitrogen and oxygen atoms in total. The van der Waals surface area contributed by atoms with E-state index in [4.69, 9.17) is 32.9 Å². The van der Waals surface area contributed by atoms with Crippen LogP contribution in [0.5, 0.6) is 0 Å². The van der Waals surface area contributed by atoms with E-state index in [9.17, 15) is 0 Å². The van der Waals surface area contributed by atoms with E-state index >= 15 is 0 Å². The second kappa shape index (κ2) is 9.22. The van der Waals surface area contributed by atoms with Crippen molar-refractivity contribution in [2.24, 2.45) is 4.99 Å². The number of methoxy groups -OCH3 is 1. The number of rotatable bonds is 6. The maximum absolute atomic E-state index is 6.12. The summed E-state index contributed by atoms with van der Waals surface area (Å²) in [5.41, 5.74) is 5.75. The lowest BCUT2D eigenvalue weighted by Crippen LogP contribution is -2.25. The molecule has 3 aromatic rings. The number of amidine groups is 1. The Balaban J connectivity index is 1.75. The summed E-state index contributed by atoms with van der Waals surface area (Å²) in [6.45, 7) is 2.74. The molecule has 2 unspecified atom stereocenters. The Kier molecular flexibility index (Phi) is 6.43. The van der Waals surface area contributed by atoms with Crippen LogP contribution >= 0.6 is 23.2 Å². The van der Waals surface area contributed by atoms with E-state index in [0.29, 0.717) is 6.61 Å². The summed E-state index contributed by atoms with van der Waals surface area (Å²) < 4.78 is 5.36. The molecule has 0 bridgehead atoms. The van der Waals surface area contributed by atoms with Gasteiger partial charge in [0.2, 0.25) is 0 Å². The molecule has 1 heterocycles. The number of ether oxygens (including phenoxy) is 1. The van der Waals surface area contributed by atoms with Crippen LogP contribution < -0.4 is 5.32 Å². The minimum Gasteiger partial charge on any atom is -0.380 e. The highest BCUT2D eigenvalue weighted by molar-refractivity contribution is 6.30. The third-order valence-corrected chi connectivity index (χ3v) is 5.87. The van der Waals surface area contributed by atoms with Crippen LogP contribution in [0.15, 0.2) is 71.7 Å². The van der Waals surface area contributed by atoms with Crippen molar-refractivity contribution in [2.45, 2.75) is 32.0 Å². The second-order valence-corrected chi connectivity index (χ2v) is 8.35. The van der Waals surface area contributed by atoms with Gasteiger partial charge in [-0.05, 0) is 65.1 Å². The van der Waals surface area contributed by atoms with Gasteiger partial charge < -0.3 is 10.1 Å². The first-order valence-corrected chi connectivity index (χ1v) is 10.8. The molecule has 1 aliphatic heterocycles. The normalized spacial score (nSPS) is 18.2. The van der Waals surface area contributed by atoms with E-state index in [1.54, 1.807) is 7.11 Å². The van der Waals surface area contributed by atoms with Crippen LogP contribution in [0.25, 0.3) is 0 Å². The monoisotopic (exact) mass is 438 g/mol. The Morgan fingerprint density at radius 2 is 1.47 bits per heavy atom. The third-order valence-electron chi connectivity index (χ3n) is 5.36. The van der Waals surface area contributed by atoms with Gasteiger partial charge in [-0.25, -0.2) is 0 Å². The summed E-state index contributed by atoms with van der Waals surface area (Å²) in [6.07, 6.45) is 0.957. The minimum absolute atomic E-state index is 0.00889. The maximum atomic E-state index is 6.12. The van der Waals surface area contributed by atoms with Crippen molar-refractivity contribution in [1.29, 1.82) is 0 Å². The Bertz CT molecular complexity index is 1050. The largest absolute Gasteiger partial charge is 0.380 e. The number of halogens is 2. The fourth-order valence-corrected chi connectivity index (χ4v) is 4.10. The molecule has 1 aliphatic rings. The van der Waals surface area contributed by atoms with Gasteiger partial charge in [0.05, 0.1) is 12.6 Å². The van der Waals surface area contributed by atoms with E-state index in [1.807, 2.05) is 36.4 Å². The Hall–Kier alpha value is -2.33. The van der Waals surface area contributed by atoms with Crippen LogP contribution in [0.4, 0.5) is 0 Å². The lowest BCUT2D eigenvalue weighted by molar-refractivity contribution is 0.185. The Morgan fingerprint density at radius 1 is 0.867 bits per heavy atom. The smallest absolute Gasteiger partial charge is 0.129 e. The summed E-state index contributed by atoms with van der Waals surface area (Å²) in [5.74, 6) is 0.891. The number of nitrogens with zero attached hydrogens (tertiary/aromatic N) is 1. The zero-order valence-corrected chi connectivity index (χ0v) is 18.5. The highest BCUT2D eigenvalue weighted by atomic mass is 35.5. The number of nitrogens with one attached hydrogen (secondary N) is 1. The fraction of sp³-hybridized carbons (Fsp3) is 0.240.